The van der Waals surface area contributed by atoms with Crippen LogP contribution in [-0.2, 0) is 0 Å². The number of nitrogens with zero attached hydrogens (tertiary/aromatic N) is 1. The Bertz CT molecular complexity index is 21.2. The normalized spacial score (nSPS) is 9.50. The van der Waals surface area contributed by atoms with E-state index in [0.29, 0.717) is 0 Å². The second kappa shape index (κ2) is 3.10. The molecule has 0 bridgehead atoms. The summed E-state index contributed by atoms with van der Waals surface area (Å²) < 4.78 is 3.71. The van der Waals surface area contributed by atoms with E-state index in [4.69, 9.17) is 0 Å². The van der Waals surface area contributed by atoms with Crippen LogP contribution in [0, 0.1) is 0 Å². The van der Waals surface area contributed by atoms with Crippen molar-refractivity contribution in [3.8, 4) is 0 Å². The lowest BCUT2D eigenvalue weighted by Crippen LogP contribution is -1.23. The summed E-state index contributed by atoms with van der Waals surface area (Å²) in [5, 5.41) is 0. The lowest BCUT2D eigenvalue weighted by Gasteiger charge is -1.51. The molecule has 0 spiro atoms. The molecule has 2 heteroatoms. The predicted molar refractivity (Wildman–Crippen MR) is 21.2 cm³/mol. The fourth-order valence-electron chi connectivity index (χ4n) is 0. The van der Waals surface area contributed by atoms with Crippen molar-refractivity contribution in [1.82, 2.24) is 0 Å². The molecule has 0 aromatic carbocycles. The molecule has 0 amide bonds. The molecule has 4 heavy (non-hydrogen) atoms. The van der Waals surface area contributed by atoms with Crippen LogP contribution < -0.4 is 0 Å². The molecule has 24 valence electrons. The summed E-state index contributed by atoms with van der Waals surface area (Å²) in [6.45, 7) is 1.99. The molecule has 0 radical (unpaired) electrons. The monoisotopic (exact) mass is 75.0 g/mol. The van der Waals surface area contributed by atoms with Crippen molar-refractivity contribution in [2.75, 3.05) is 13.7 Å². The first-order chi connectivity index (χ1) is 1.91. The van der Waals surface area contributed by atoms with Gasteiger partial charge in [0.15, 0.2) is 0 Å². The van der Waals surface area contributed by atoms with Crippen molar-refractivity contribution in [2.45, 2.75) is 0 Å². The third-order valence-corrected chi connectivity index (χ3v) is 0.600. The van der Waals surface area contributed by atoms with Crippen LogP contribution in [0.15, 0.2) is 4.74 Å². The lowest BCUT2D eigenvalue weighted by atomic mass is 11.6. The maximum absolute atomic E-state index is 3.71. The minimum Gasteiger partial charge on any atom is -0.272 e. The molecule has 0 aliphatic rings. The van der Waals surface area contributed by atoms with E-state index in [9.17, 15) is 0 Å². The van der Waals surface area contributed by atoms with Gasteiger partial charge in [-0.1, -0.05) is 0 Å². The van der Waals surface area contributed by atoms with Crippen LogP contribution in [0.4, 0.5) is 0 Å². The van der Waals surface area contributed by atoms with Crippen LogP contribution in [-0.4, -0.2) is 13.7 Å². The van der Waals surface area contributed by atoms with E-state index in [2.05, 4.69) is 4.74 Å². The second-order valence-corrected chi connectivity index (χ2v) is 1.20. The summed E-state index contributed by atoms with van der Waals surface area (Å²) in [6.07, 6.45) is 0. The maximum Gasteiger partial charge on any atom is 0.0320 e. The fraction of sp³-hybridized carbons (Fsp3) is 1.00. The zero-order valence-electron chi connectivity index (χ0n) is 2.89. The Morgan fingerprint density at radius 2 is 2.00 bits per heavy atom. The highest BCUT2D eigenvalue weighted by Crippen LogP contribution is 1.81. The first-order valence-electron chi connectivity index (χ1n) is 1.09. The van der Waals surface area contributed by atoms with Crippen LogP contribution in [0.25, 0.3) is 0 Å². The van der Waals surface area contributed by atoms with Crippen LogP contribution in [0.1, 0.15) is 0 Å². The Hall–Kier alpha value is 0.100. The van der Waals surface area contributed by atoms with Crippen molar-refractivity contribution < 1.29 is 0 Å². The van der Waals surface area contributed by atoms with E-state index < -0.39 is 0 Å². The van der Waals surface area contributed by atoms with Gasteiger partial charge in [0.05, 0.1) is 0 Å². The van der Waals surface area contributed by atoms with Gasteiger partial charge in [0.2, 0.25) is 0 Å². The SMILES string of the molecule is C/N=P/C. The van der Waals surface area contributed by atoms with Gasteiger partial charge in [0.25, 0.3) is 0 Å². The Balaban J connectivity index is 2.55. The molecule has 0 N–H and O–H groups in total. The van der Waals surface area contributed by atoms with Gasteiger partial charge in [-0.05, 0) is 15.0 Å². The van der Waals surface area contributed by atoms with E-state index in [0.717, 1.165) is 8.37 Å². The molecular formula is C2H6NP. The first kappa shape index (κ1) is 4.10. The Morgan fingerprint density at radius 3 is 2.00 bits per heavy atom. The summed E-state index contributed by atoms with van der Waals surface area (Å²) >= 11 is 0. The van der Waals surface area contributed by atoms with Crippen molar-refractivity contribution in [3.05, 3.63) is 0 Å². The lowest BCUT2D eigenvalue weighted by molar-refractivity contribution is 1.51. The zero-order chi connectivity index (χ0) is 3.41. The molecule has 0 heterocycles. The average Bonchev–Trinajstić information content (AvgIpc) is 1.37. The molecule has 0 aliphatic heterocycles. The number of hydrogen-bond acceptors (Lipinski definition) is 1. The molecule has 0 fully saturated rings. The molecule has 0 aliphatic carbocycles. The summed E-state index contributed by atoms with van der Waals surface area (Å²) in [4.78, 5) is 0. The predicted octanol–water partition coefficient (Wildman–Crippen LogP) is 1.38. The highest BCUT2D eigenvalue weighted by molar-refractivity contribution is 7.25. The average molecular weight is 75.1 g/mol. The van der Waals surface area contributed by atoms with Crippen molar-refractivity contribution >= 4 is 8.37 Å². The first-order valence-corrected chi connectivity index (χ1v) is 2.39. The molecule has 0 rings (SSSR count). The van der Waals surface area contributed by atoms with E-state index in [-0.39, 0.29) is 0 Å². The van der Waals surface area contributed by atoms with Gasteiger partial charge in [-0.15, -0.1) is 0 Å². The van der Waals surface area contributed by atoms with E-state index in [1.54, 1.807) is 7.05 Å². The molecule has 0 atom stereocenters. The summed E-state index contributed by atoms with van der Waals surface area (Å²) in [5.74, 6) is 0. The quantitative estimate of drug-likeness (QED) is 0.385. The van der Waals surface area contributed by atoms with Gasteiger partial charge in [-0.2, -0.15) is 0 Å². The van der Waals surface area contributed by atoms with Crippen molar-refractivity contribution in [2.24, 2.45) is 4.74 Å². The largest absolute Gasteiger partial charge is 0.272 e. The molecule has 1 nitrogen and oxygen atoms in total. The van der Waals surface area contributed by atoms with Crippen molar-refractivity contribution in [1.29, 1.82) is 0 Å². The second-order valence-electron chi connectivity index (χ2n) is 0.400. The van der Waals surface area contributed by atoms with Crippen molar-refractivity contribution in [3.63, 3.8) is 0 Å². The van der Waals surface area contributed by atoms with Crippen LogP contribution in [0.5, 0.6) is 0 Å². The molecular weight excluding hydrogens is 69.0 g/mol. The molecule has 0 saturated carbocycles. The maximum atomic E-state index is 3.71. The zero-order valence-corrected chi connectivity index (χ0v) is 3.79. The fourth-order valence-corrected chi connectivity index (χ4v) is 0. The van der Waals surface area contributed by atoms with Gasteiger partial charge in [-0.3, -0.25) is 4.74 Å². The molecule has 0 unspecified atom stereocenters. The minimum absolute atomic E-state index is 1.12. The van der Waals surface area contributed by atoms with Crippen LogP contribution >= 0.6 is 8.37 Å². The third kappa shape index (κ3) is 2.10. The Labute approximate surface area is 27.9 Å². The smallest absolute Gasteiger partial charge is 0.0320 e. The summed E-state index contributed by atoms with van der Waals surface area (Å²) in [7, 11) is 2.92. The van der Waals surface area contributed by atoms with Gasteiger partial charge in [-0.25, -0.2) is 0 Å². The summed E-state index contributed by atoms with van der Waals surface area (Å²) in [6, 6.07) is 0. The van der Waals surface area contributed by atoms with E-state index >= 15 is 0 Å². The Kier molecular flexibility index (Phi) is 3.18. The van der Waals surface area contributed by atoms with Crippen LogP contribution in [0.3, 0.4) is 0 Å². The number of hydrogen-bond donors (Lipinski definition) is 0. The standard InChI is InChI=1S/C2H6NP/c1-3-4-2/h1-2H3. The highest BCUT2D eigenvalue weighted by atomic mass is 31.1. The minimum atomic E-state index is 1.12. The van der Waals surface area contributed by atoms with Gasteiger partial charge in [0.1, 0.15) is 0 Å². The summed E-state index contributed by atoms with van der Waals surface area (Å²) in [5.41, 5.74) is 0. The third-order valence-electron chi connectivity index (χ3n) is 0.200. The van der Waals surface area contributed by atoms with Gasteiger partial charge >= 0.3 is 0 Å². The molecule has 0 saturated heterocycles. The highest BCUT2D eigenvalue weighted by Gasteiger charge is 1.34. The van der Waals surface area contributed by atoms with E-state index in [1.165, 1.54) is 0 Å². The Morgan fingerprint density at radius 1 is 1.75 bits per heavy atom. The molecule has 0 aromatic rings. The topological polar surface area (TPSA) is 12.4 Å². The van der Waals surface area contributed by atoms with E-state index in [1.807, 2.05) is 6.66 Å². The number of rotatable bonds is 0. The van der Waals surface area contributed by atoms with Gasteiger partial charge in [0, 0.05) is 7.05 Å². The molecule has 0 aromatic heterocycles. The van der Waals surface area contributed by atoms with Gasteiger partial charge < -0.3 is 0 Å². The van der Waals surface area contributed by atoms with Crippen LogP contribution in [0.2, 0.25) is 0 Å².